The van der Waals surface area contributed by atoms with E-state index in [0.29, 0.717) is 0 Å². The molecule has 0 aliphatic heterocycles. The number of nitrogens with zero attached hydrogens (tertiary/aromatic N) is 7. The Morgan fingerprint density at radius 3 is 2.59 bits per heavy atom. The van der Waals surface area contributed by atoms with Crippen LogP contribution in [0.5, 0.6) is 0 Å². The second-order valence-corrected chi connectivity index (χ2v) is 8.59. The van der Waals surface area contributed by atoms with Gasteiger partial charge in [0.2, 0.25) is 17.4 Å². The van der Waals surface area contributed by atoms with Gasteiger partial charge in [0.05, 0.1) is 12.7 Å². The lowest BCUT2D eigenvalue weighted by Gasteiger charge is -2.19. The van der Waals surface area contributed by atoms with E-state index in [1.54, 1.807) is 33.0 Å². The minimum Gasteiger partial charge on any atom is -0.460 e. The van der Waals surface area contributed by atoms with Gasteiger partial charge < -0.3 is 18.8 Å². The van der Waals surface area contributed by atoms with Crippen LogP contribution < -0.4 is 0 Å². The Bertz CT molecular complexity index is 1420. The van der Waals surface area contributed by atoms with Gasteiger partial charge in [0.1, 0.15) is 29.3 Å². The molecule has 4 aromatic heterocycles. The molecule has 4 aromatic rings. The Morgan fingerprint density at radius 2 is 1.89 bits per heavy atom. The van der Waals surface area contributed by atoms with Crippen molar-refractivity contribution in [1.82, 2.24) is 39.1 Å². The van der Waals surface area contributed by atoms with Crippen LogP contribution in [0.15, 0.2) is 31.0 Å². The fraction of sp³-hybridized carbons (Fsp3) is 0.381. The molecule has 0 saturated carbocycles. The van der Waals surface area contributed by atoms with Gasteiger partial charge in [-0.05, 0) is 26.8 Å². The maximum Gasteiger partial charge on any atom is 0.510 e. The van der Waals surface area contributed by atoms with E-state index < -0.39 is 29.7 Å². The zero-order chi connectivity index (χ0) is 26.8. The van der Waals surface area contributed by atoms with E-state index in [-0.39, 0.29) is 48.4 Å². The Hall–Kier alpha value is -4.50. The SMILES string of the molecule is CC(C)(C)OC(=O)CCOC(=O)OCn1cnc(-c2c(-c3n[nH]c(C(F)(F)F)n3)nc3ncccn23)c1. The van der Waals surface area contributed by atoms with Crippen molar-refractivity contribution in [1.29, 1.82) is 0 Å². The molecule has 37 heavy (non-hydrogen) atoms. The number of nitrogens with one attached hydrogen (secondary N) is 1. The van der Waals surface area contributed by atoms with E-state index in [4.69, 9.17) is 14.2 Å². The number of carbonyl (C=O) groups is 2. The summed E-state index contributed by atoms with van der Waals surface area (Å²) in [7, 11) is 0. The number of aromatic nitrogens is 8. The van der Waals surface area contributed by atoms with Crippen LogP contribution in [0, 0.1) is 0 Å². The van der Waals surface area contributed by atoms with Crippen LogP contribution in [0.4, 0.5) is 18.0 Å². The summed E-state index contributed by atoms with van der Waals surface area (Å²) >= 11 is 0. The van der Waals surface area contributed by atoms with Crippen LogP contribution in [-0.4, -0.2) is 63.4 Å². The summed E-state index contributed by atoms with van der Waals surface area (Å²) in [4.78, 5) is 39.6. The van der Waals surface area contributed by atoms with Crippen LogP contribution in [-0.2, 0) is 31.9 Å². The smallest absolute Gasteiger partial charge is 0.460 e. The second kappa shape index (κ2) is 9.87. The number of carbonyl (C=O) groups excluding carboxylic acids is 2. The van der Waals surface area contributed by atoms with Gasteiger partial charge in [0, 0.05) is 18.6 Å². The molecule has 0 aromatic carbocycles. The molecule has 0 radical (unpaired) electrons. The summed E-state index contributed by atoms with van der Waals surface area (Å²) in [5.41, 5.74) is -0.0927. The van der Waals surface area contributed by atoms with E-state index in [9.17, 15) is 22.8 Å². The van der Waals surface area contributed by atoms with Gasteiger partial charge >= 0.3 is 18.3 Å². The van der Waals surface area contributed by atoms with Gasteiger partial charge in [0.25, 0.3) is 0 Å². The minimum absolute atomic E-state index is 0.0122. The molecule has 13 nitrogen and oxygen atoms in total. The molecule has 196 valence electrons. The molecule has 0 amide bonds. The molecular formula is C21H21F3N8O5. The van der Waals surface area contributed by atoms with Gasteiger partial charge in [-0.15, -0.1) is 0 Å². The van der Waals surface area contributed by atoms with E-state index in [1.165, 1.54) is 27.7 Å². The Balaban J connectivity index is 1.46. The minimum atomic E-state index is -4.72. The van der Waals surface area contributed by atoms with Gasteiger partial charge in [-0.1, -0.05) is 0 Å². The predicted molar refractivity (Wildman–Crippen MR) is 117 cm³/mol. The first-order chi connectivity index (χ1) is 17.4. The molecule has 0 aliphatic rings. The van der Waals surface area contributed by atoms with Crippen molar-refractivity contribution in [2.45, 2.75) is 45.7 Å². The molecule has 16 heteroatoms. The van der Waals surface area contributed by atoms with Crippen molar-refractivity contribution in [2.24, 2.45) is 0 Å². The number of esters is 1. The van der Waals surface area contributed by atoms with Gasteiger partial charge in [-0.2, -0.15) is 18.3 Å². The largest absolute Gasteiger partial charge is 0.510 e. The highest BCUT2D eigenvalue weighted by molar-refractivity contribution is 5.76. The third-order valence-electron chi connectivity index (χ3n) is 4.52. The maximum absolute atomic E-state index is 13.0. The molecule has 0 spiro atoms. The lowest BCUT2D eigenvalue weighted by molar-refractivity contribution is -0.155. The van der Waals surface area contributed by atoms with Crippen molar-refractivity contribution < 1.29 is 37.0 Å². The quantitative estimate of drug-likeness (QED) is 0.358. The fourth-order valence-corrected chi connectivity index (χ4v) is 3.11. The normalized spacial score (nSPS) is 12.1. The lowest BCUT2D eigenvalue weighted by Crippen LogP contribution is -2.25. The monoisotopic (exact) mass is 522 g/mol. The Kier molecular flexibility index (Phi) is 6.82. The van der Waals surface area contributed by atoms with Gasteiger partial charge in [0.15, 0.2) is 6.73 Å². The first-order valence-corrected chi connectivity index (χ1v) is 10.8. The lowest BCUT2D eigenvalue weighted by atomic mass is 10.2. The zero-order valence-electron chi connectivity index (χ0n) is 19.8. The van der Waals surface area contributed by atoms with Crippen LogP contribution in [0.2, 0.25) is 0 Å². The highest BCUT2D eigenvalue weighted by Crippen LogP contribution is 2.32. The van der Waals surface area contributed by atoms with E-state index >= 15 is 0 Å². The van der Waals surface area contributed by atoms with Crippen molar-refractivity contribution in [3.63, 3.8) is 0 Å². The molecule has 0 saturated heterocycles. The number of aromatic amines is 1. The maximum atomic E-state index is 13.0. The second-order valence-electron chi connectivity index (χ2n) is 8.59. The highest BCUT2D eigenvalue weighted by Gasteiger charge is 2.36. The number of hydrogen-bond donors (Lipinski definition) is 1. The van der Waals surface area contributed by atoms with Crippen LogP contribution in [0.3, 0.4) is 0 Å². The topological polar surface area (TPSA) is 151 Å². The first-order valence-electron chi connectivity index (χ1n) is 10.8. The number of imidazole rings is 2. The number of alkyl halides is 3. The Morgan fingerprint density at radius 1 is 1.11 bits per heavy atom. The number of fused-ring (bicyclic) bond motifs is 1. The average Bonchev–Trinajstić information content (AvgIpc) is 3.53. The van der Waals surface area contributed by atoms with Crippen molar-refractivity contribution in [3.8, 4) is 22.9 Å². The van der Waals surface area contributed by atoms with Gasteiger partial charge in [-0.25, -0.2) is 24.7 Å². The van der Waals surface area contributed by atoms with Crippen molar-refractivity contribution in [3.05, 3.63) is 36.8 Å². The molecule has 0 fully saturated rings. The summed E-state index contributed by atoms with van der Waals surface area (Å²) < 4.78 is 56.9. The average molecular weight is 522 g/mol. The fourth-order valence-electron chi connectivity index (χ4n) is 3.11. The number of H-pyrrole nitrogens is 1. The molecule has 0 aliphatic carbocycles. The molecular weight excluding hydrogens is 501 g/mol. The number of ether oxygens (including phenoxy) is 3. The van der Waals surface area contributed by atoms with E-state index in [1.807, 2.05) is 5.10 Å². The van der Waals surface area contributed by atoms with Crippen molar-refractivity contribution in [2.75, 3.05) is 6.61 Å². The summed E-state index contributed by atoms with van der Waals surface area (Å²) in [6.45, 7) is 4.64. The third-order valence-corrected chi connectivity index (χ3v) is 4.52. The number of halogens is 3. The van der Waals surface area contributed by atoms with Crippen molar-refractivity contribution >= 4 is 17.9 Å². The summed E-state index contributed by atoms with van der Waals surface area (Å²) in [6.07, 6.45) is 0.0123. The molecule has 4 heterocycles. The van der Waals surface area contributed by atoms with E-state index in [0.717, 1.165) is 0 Å². The predicted octanol–water partition coefficient (Wildman–Crippen LogP) is 3.24. The molecule has 4 rings (SSSR count). The summed E-state index contributed by atoms with van der Waals surface area (Å²) in [6, 6.07) is 1.61. The first kappa shape index (κ1) is 25.6. The summed E-state index contributed by atoms with van der Waals surface area (Å²) in [5, 5.41) is 5.51. The Labute approximate surface area is 206 Å². The summed E-state index contributed by atoms with van der Waals surface area (Å²) in [5.74, 6) is -1.91. The van der Waals surface area contributed by atoms with Gasteiger partial charge in [-0.3, -0.25) is 14.3 Å². The van der Waals surface area contributed by atoms with E-state index in [2.05, 4.69) is 25.0 Å². The molecule has 0 unspecified atom stereocenters. The van der Waals surface area contributed by atoms with Crippen LogP contribution in [0.1, 0.15) is 33.0 Å². The zero-order valence-corrected chi connectivity index (χ0v) is 19.8. The molecule has 0 atom stereocenters. The number of hydrogen-bond acceptors (Lipinski definition) is 10. The highest BCUT2D eigenvalue weighted by atomic mass is 19.4. The third kappa shape index (κ3) is 6.20. The van der Waals surface area contributed by atoms with Crippen LogP contribution in [0.25, 0.3) is 28.7 Å². The van der Waals surface area contributed by atoms with Crippen LogP contribution >= 0.6 is 0 Å². The number of rotatable bonds is 7. The standard InChI is InChI=1S/C21H21F3N8O5/c1-20(2,3)37-13(33)5-8-35-19(34)36-11-31-9-12(26-10-31)15-14(27-18-25-6-4-7-32(15)18)16-28-17(30-29-16)21(22,23)24/h4,6-7,9-10H,5,8,11H2,1-3H3,(H,28,29,30). The molecule has 1 N–H and O–H groups in total. The molecule has 0 bridgehead atoms.